The highest BCUT2D eigenvalue weighted by Crippen LogP contribution is 2.25. The molecule has 0 bridgehead atoms. The molecular weight excluding hydrogens is 216 g/mol. The Kier molecular flexibility index (Phi) is 4.58. The minimum absolute atomic E-state index is 1.19. The van der Waals surface area contributed by atoms with Crippen molar-refractivity contribution in [1.82, 2.24) is 0 Å². The molecule has 0 aliphatic carbocycles. The maximum atomic E-state index is 2.28. The molecule has 0 amide bonds. The summed E-state index contributed by atoms with van der Waals surface area (Å²) in [6, 6.07) is 17.6. The zero-order valence-electron chi connectivity index (χ0n) is 11.4. The van der Waals surface area contributed by atoms with E-state index in [0.29, 0.717) is 0 Å². The molecule has 0 fully saturated rings. The second-order valence-electron chi connectivity index (χ2n) is 4.98. The van der Waals surface area contributed by atoms with Gasteiger partial charge in [0, 0.05) is 0 Å². The van der Waals surface area contributed by atoms with Gasteiger partial charge in [-0.3, -0.25) is 0 Å². The fourth-order valence-corrected chi connectivity index (χ4v) is 2.40. The molecule has 0 saturated carbocycles. The first-order valence-corrected chi connectivity index (χ1v) is 6.96. The highest BCUT2D eigenvalue weighted by atomic mass is 14.1. The van der Waals surface area contributed by atoms with Crippen LogP contribution < -0.4 is 0 Å². The molecule has 0 saturated heterocycles. The third-order valence-corrected chi connectivity index (χ3v) is 3.40. The molecule has 0 heterocycles. The lowest BCUT2D eigenvalue weighted by Crippen LogP contribution is -1.90. The van der Waals surface area contributed by atoms with E-state index < -0.39 is 0 Å². The highest BCUT2D eigenvalue weighted by Gasteiger charge is 2.04. The van der Waals surface area contributed by atoms with E-state index >= 15 is 0 Å². The van der Waals surface area contributed by atoms with E-state index in [1.807, 2.05) is 0 Å². The Hall–Kier alpha value is -1.56. The summed E-state index contributed by atoms with van der Waals surface area (Å²) in [5.74, 6) is 0. The number of aryl methyl sites for hydroxylation is 2. The molecule has 2 aromatic rings. The molecule has 0 unspecified atom stereocenters. The van der Waals surface area contributed by atoms with Gasteiger partial charge < -0.3 is 0 Å². The third kappa shape index (κ3) is 3.22. The number of hydrogen-bond donors (Lipinski definition) is 0. The first kappa shape index (κ1) is 12.9. The van der Waals surface area contributed by atoms with Crippen molar-refractivity contribution in [3.05, 3.63) is 59.7 Å². The Labute approximate surface area is 111 Å². The van der Waals surface area contributed by atoms with Gasteiger partial charge in [0.15, 0.2) is 0 Å². The van der Waals surface area contributed by atoms with Crippen LogP contribution in [0.15, 0.2) is 48.5 Å². The molecule has 94 valence electrons. The van der Waals surface area contributed by atoms with E-state index in [4.69, 9.17) is 0 Å². The maximum absolute atomic E-state index is 2.28. The Morgan fingerprint density at radius 3 is 2.50 bits per heavy atom. The fourth-order valence-electron chi connectivity index (χ4n) is 2.40. The lowest BCUT2D eigenvalue weighted by molar-refractivity contribution is 0.718. The van der Waals surface area contributed by atoms with E-state index in [1.165, 1.54) is 47.9 Å². The summed E-state index contributed by atoms with van der Waals surface area (Å²) in [5.41, 5.74) is 5.56. The lowest BCUT2D eigenvalue weighted by atomic mass is 9.95. The molecule has 0 aliphatic heterocycles. The number of benzene rings is 2. The van der Waals surface area contributed by atoms with E-state index in [0.717, 1.165) is 0 Å². The molecule has 2 rings (SSSR count). The summed E-state index contributed by atoms with van der Waals surface area (Å²) in [4.78, 5) is 0. The highest BCUT2D eigenvalue weighted by molar-refractivity contribution is 5.67. The second kappa shape index (κ2) is 6.39. The van der Waals surface area contributed by atoms with E-state index in [2.05, 4.69) is 62.4 Å². The lowest BCUT2D eigenvalue weighted by Gasteiger charge is -2.10. The molecular formula is C18H22. The molecule has 2 aromatic carbocycles. The predicted octanol–water partition coefficient (Wildman–Crippen LogP) is 5.39. The summed E-state index contributed by atoms with van der Waals surface area (Å²) in [5, 5.41) is 0. The van der Waals surface area contributed by atoms with Crippen LogP contribution in [0.2, 0.25) is 0 Å². The SMILES string of the molecule is CCCCCc1ccccc1-c1cccc(C)c1. The zero-order valence-corrected chi connectivity index (χ0v) is 11.4. The Balaban J connectivity index is 2.27. The van der Waals surface area contributed by atoms with Gasteiger partial charge in [-0.1, -0.05) is 73.9 Å². The average molecular weight is 238 g/mol. The van der Waals surface area contributed by atoms with Crippen LogP contribution in [0.1, 0.15) is 37.3 Å². The molecule has 18 heavy (non-hydrogen) atoms. The first-order valence-electron chi connectivity index (χ1n) is 6.96. The van der Waals surface area contributed by atoms with Crippen molar-refractivity contribution in [2.45, 2.75) is 39.5 Å². The number of unbranched alkanes of at least 4 members (excludes halogenated alkanes) is 2. The summed E-state index contributed by atoms with van der Waals surface area (Å²) >= 11 is 0. The maximum Gasteiger partial charge on any atom is -0.0152 e. The summed E-state index contributed by atoms with van der Waals surface area (Å²) in [7, 11) is 0. The summed E-state index contributed by atoms with van der Waals surface area (Å²) in [6.45, 7) is 4.41. The third-order valence-electron chi connectivity index (χ3n) is 3.40. The van der Waals surface area contributed by atoms with Crippen LogP contribution >= 0.6 is 0 Å². The zero-order chi connectivity index (χ0) is 12.8. The largest absolute Gasteiger partial charge is 0.0654 e. The topological polar surface area (TPSA) is 0 Å². The summed E-state index contributed by atoms with van der Waals surface area (Å²) < 4.78 is 0. The van der Waals surface area contributed by atoms with Crippen molar-refractivity contribution in [1.29, 1.82) is 0 Å². The molecule has 0 aromatic heterocycles. The fraction of sp³-hybridized carbons (Fsp3) is 0.333. The van der Waals surface area contributed by atoms with Gasteiger partial charge in [-0.15, -0.1) is 0 Å². The standard InChI is InChI=1S/C18H22/c1-3-4-5-10-16-11-6-7-13-18(16)17-12-8-9-15(2)14-17/h6-9,11-14H,3-5,10H2,1-2H3. The van der Waals surface area contributed by atoms with Crippen LogP contribution in [-0.4, -0.2) is 0 Å². The van der Waals surface area contributed by atoms with Gasteiger partial charge in [0.25, 0.3) is 0 Å². The minimum atomic E-state index is 1.19. The van der Waals surface area contributed by atoms with Gasteiger partial charge in [-0.2, -0.15) is 0 Å². The van der Waals surface area contributed by atoms with E-state index in [-0.39, 0.29) is 0 Å². The van der Waals surface area contributed by atoms with Crippen molar-refractivity contribution < 1.29 is 0 Å². The van der Waals surface area contributed by atoms with Gasteiger partial charge in [0.05, 0.1) is 0 Å². The minimum Gasteiger partial charge on any atom is -0.0654 e. The molecule has 0 radical (unpaired) electrons. The first-order chi connectivity index (χ1) is 8.81. The Morgan fingerprint density at radius 1 is 0.889 bits per heavy atom. The summed E-state index contributed by atoms with van der Waals surface area (Å²) in [6.07, 6.45) is 5.09. The van der Waals surface area contributed by atoms with Gasteiger partial charge in [-0.05, 0) is 36.5 Å². The van der Waals surface area contributed by atoms with Gasteiger partial charge in [0.2, 0.25) is 0 Å². The van der Waals surface area contributed by atoms with Crippen molar-refractivity contribution >= 4 is 0 Å². The molecule has 0 aliphatic rings. The van der Waals surface area contributed by atoms with Gasteiger partial charge >= 0.3 is 0 Å². The Morgan fingerprint density at radius 2 is 1.72 bits per heavy atom. The molecule has 0 heteroatoms. The van der Waals surface area contributed by atoms with Crippen LogP contribution in [0.25, 0.3) is 11.1 Å². The smallest absolute Gasteiger partial charge is 0.0152 e. The molecule has 0 spiro atoms. The normalized spacial score (nSPS) is 10.6. The van der Waals surface area contributed by atoms with E-state index in [1.54, 1.807) is 0 Å². The van der Waals surface area contributed by atoms with Crippen molar-refractivity contribution in [3.8, 4) is 11.1 Å². The quantitative estimate of drug-likeness (QED) is 0.612. The number of rotatable bonds is 5. The Bertz CT molecular complexity index is 497. The van der Waals surface area contributed by atoms with Crippen LogP contribution in [0.3, 0.4) is 0 Å². The van der Waals surface area contributed by atoms with Crippen molar-refractivity contribution in [3.63, 3.8) is 0 Å². The van der Waals surface area contributed by atoms with Crippen LogP contribution in [0.5, 0.6) is 0 Å². The van der Waals surface area contributed by atoms with Crippen molar-refractivity contribution in [2.75, 3.05) is 0 Å². The van der Waals surface area contributed by atoms with Gasteiger partial charge in [-0.25, -0.2) is 0 Å². The van der Waals surface area contributed by atoms with Crippen LogP contribution in [0.4, 0.5) is 0 Å². The van der Waals surface area contributed by atoms with Crippen molar-refractivity contribution in [2.24, 2.45) is 0 Å². The van der Waals surface area contributed by atoms with E-state index in [9.17, 15) is 0 Å². The predicted molar refractivity (Wildman–Crippen MR) is 79.8 cm³/mol. The molecule has 0 N–H and O–H groups in total. The number of hydrogen-bond acceptors (Lipinski definition) is 0. The van der Waals surface area contributed by atoms with Crippen LogP contribution in [-0.2, 0) is 6.42 Å². The molecule has 0 atom stereocenters. The second-order valence-corrected chi connectivity index (χ2v) is 4.98. The monoisotopic (exact) mass is 238 g/mol. The molecule has 0 nitrogen and oxygen atoms in total. The van der Waals surface area contributed by atoms with Gasteiger partial charge in [0.1, 0.15) is 0 Å². The average Bonchev–Trinajstić information content (AvgIpc) is 2.40. The van der Waals surface area contributed by atoms with Crippen LogP contribution in [0, 0.1) is 6.92 Å².